The van der Waals surface area contributed by atoms with Crippen LogP contribution in [-0.2, 0) is 6.54 Å². The van der Waals surface area contributed by atoms with Crippen LogP contribution < -0.4 is 5.32 Å². The molecule has 0 unspecified atom stereocenters. The van der Waals surface area contributed by atoms with Gasteiger partial charge in [-0.2, -0.15) is 0 Å². The Hall–Kier alpha value is -1.35. The number of fused-ring (bicyclic) bond motifs is 1. The molecule has 0 saturated heterocycles. The quantitative estimate of drug-likeness (QED) is 0.776. The van der Waals surface area contributed by atoms with Gasteiger partial charge in [0.25, 0.3) is 0 Å². The molecule has 3 heteroatoms. The van der Waals surface area contributed by atoms with Crippen LogP contribution in [0.1, 0.15) is 19.5 Å². The normalized spacial score (nSPS) is 11.4. The van der Waals surface area contributed by atoms with Crippen molar-refractivity contribution >= 4 is 11.0 Å². The number of hydrogen-bond acceptors (Lipinski definition) is 2. The standard InChI is InChI=1S/C11H15N3/c1-8(2)13-7-10-4-3-9-5-6-12-11(9)14-10/h3-6,8,13H,7H2,1-2H3,(H,12,14). The molecule has 0 amide bonds. The van der Waals surface area contributed by atoms with Gasteiger partial charge in [0.1, 0.15) is 5.65 Å². The Morgan fingerprint density at radius 2 is 2.21 bits per heavy atom. The highest BCUT2D eigenvalue weighted by molar-refractivity contribution is 5.75. The van der Waals surface area contributed by atoms with Gasteiger partial charge < -0.3 is 10.3 Å². The summed E-state index contributed by atoms with van der Waals surface area (Å²) in [6, 6.07) is 6.68. The number of pyridine rings is 1. The molecule has 2 rings (SSSR count). The summed E-state index contributed by atoms with van der Waals surface area (Å²) in [7, 11) is 0. The molecule has 0 aliphatic heterocycles. The second-order valence-electron chi connectivity index (χ2n) is 3.75. The third-order valence-corrected chi connectivity index (χ3v) is 2.16. The van der Waals surface area contributed by atoms with Crippen molar-refractivity contribution in [2.75, 3.05) is 0 Å². The van der Waals surface area contributed by atoms with E-state index >= 15 is 0 Å². The highest BCUT2D eigenvalue weighted by Crippen LogP contribution is 2.09. The third kappa shape index (κ3) is 1.93. The molecule has 0 aromatic carbocycles. The minimum atomic E-state index is 0.496. The van der Waals surface area contributed by atoms with E-state index in [2.05, 4.69) is 41.3 Å². The highest BCUT2D eigenvalue weighted by atomic mass is 14.9. The molecule has 0 atom stereocenters. The van der Waals surface area contributed by atoms with Gasteiger partial charge in [0.2, 0.25) is 0 Å². The zero-order chi connectivity index (χ0) is 9.97. The minimum absolute atomic E-state index is 0.496. The average molecular weight is 189 g/mol. The van der Waals surface area contributed by atoms with Crippen LogP contribution >= 0.6 is 0 Å². The van der Waals surface area contributed by atoms with E-state index in [0.29, 0.717) is 6.04 Å². The number of rotatable bonds is 3. The zero-order valence-corrected chi connectivity index (χ0v) is 8.54. The van der Waals surface area contributed by atoms with E-state index in [1.807, 2.05) is 12.3 Å². The molecule has 0 aliphatic rings. The molecule has 2 aromatic rings. The maximum Gasteiger partial charge on any atom is 0.137 e. The predicted octanol–water partition coefficient (Wildman–Crippen LogP) is 2.06. The van der Waals surface area contributed by atoms with Crippen LogP contribution in [0, 0.1) is 0 Å². The number of nitrogens with one attached hydrogen (secondary N) is 2. The summed E-state index contributed by atoms with van der Waals surface area (Å²) in [5, 5.41) is 4.51. The highest BCUT2D eigenvalue weighted by Gasteiger charge is 1.99. The van der Waals surface area contributed by atoms with Crippen LogP contribution in [0.15, 0.2) is 24.4 Å². The molecule has 0 fully saturated rings. The van der Waals surface area contributed by atoms with Gasteiger partial charge in [0.05, 0.1) is 5.69 Å². The molecular formula is C11H15N3. The average Bonchev–Trinajstić information content (AvgIpc) is 2.61. The Balaban J connectivity index is 2.17. The monoisotopic (exact) mass is 189 g/mol. The van der Waals surface area contributed by atoms with Crippen molar-refractivity contribution in [1.82, 2.24) is 15.3 Å². The minimum Gasteiger partial charge on any atom is -0.346 e. The van der Waals surface area contributed by atoms with Crippen molar-refractivity contribution in [3.8, 4) is 0 Å². The van der Waals surface area contributed by atoms with Gasteiger partial charge in [-0.3, -0.25) is 0 Å². The molecule has 2 aromatic heterocycles. The summed E-state index contributed by atoms with van der Waals surface area (Å²) in [6.45, 7) is 5.09. The Labute approximate surface area is 83.6 Å². The van der Waals surface area contributed by atoms with Gasteiger partial charge in [-0.15, -0.1) is 0 Å². The molecule has 74 valence electrons. The molecule has 0 spiro atoms. The molecule has 3 nitrogen and oxygen atoms in total. The Morgan fingerprint density at radius 3 is 3.00 bits per heavy atom. The Bertz CT molecular complexity index is 417. The molecule has 2 heterocycles. The van der Waals surface area contributed by atoms with Crippen LogP contribution in [0.4, 0.5) is 0 Å². The van der Waals surface area contributed by atoms with Gasteiger partial charge >= 0.3 is 0 Å². The lowest BCUT2D eigenvalue weighted by molar-refractivity contribution is 0.582. The lowest BCUT2D eigenvalue weighted by Crippen LogP contribution is -2.22. The van der Waals surface area contributed by atoms with Gasteiger partial charge in [0.15, 0.2) is 0 Å². The van der Waals surface area contributed by atoms with E-state index in [1.165, 1.54) is 5.39 Å². The first kappa shape index (κ1) is 9.21. The molecule has 14 heavy (non-hydrogen) atoms. The van der Waals surface area contributed by atoms with Gasteiger partial charge in [-0.25, -0.2) is 4.98 Å². The summed E-state index contributed by atoms with van der Waals surface area (Å²) < 4.78 is 0. The second-order valence-corrected chi connectivity index (χ2v) is 3.75. The van der Waals surface area contributed by atoms with E-state index in [0.717, 1.165) is 17.9 Å². The second kappa shape index (κ2) is 3.80. The third-order valence-electron chi connectivity index (χ3n) is 2.16. The summed E-state index contributed by atoms with van der Waals surface area (Å²) in [5.74, 6) is 0. The first-order valence-corrected chi connectivity index (χ1v) is 4.92. The van der Waals surface area contributed by atoms with Gasteiger partial charge in [0, 0.05) is 24.2 Å². The first-order valence-electron chi connectivity index (χ1n) is 4.92. The van der Waals surface area contributed by atoms with Gasteiger partial charge in [-0.1, -0.05) is 13.8 Å². The fourth-order valence-corrected chi connectivity index (χ4v) is 1.38. The number of aromatic nitrogens is 2. The lowest BCUT2D eigenvalue weighted by atomic mass is 10.3. The fraction of sp³-hybridized carbons (Fsp3) is 0.364. The molecule has 2 N–H and O–H groups in total. The van der Waals surface area contributed by atoms with Crippen LogP contribution in [-0.4, -0.2) is 16.0 Å². The van der Waals surface area contributed by atoms with Crippen molar-refractivity contribution in [1.29, 1.82) is 0 Å². The summed E-state index contributed by atoms with van der Waals surface area (Å²) in [6.07, 6.45) is 1.91. The topological polar surface area (TPSA) is 40.7 Å². The molecule has 0 bridgehead atoms. The molecule has 0 aliphatic carbocycles. The van der Waals surface area contributed by atoms with Gasteiger partial charge in [-0.05, 0) is 18.2 Å². The van der Waals surface area contributed by atoms with E-state index < -0.39 is 0 Å². The summed E-state index contributed by atoms with van der Waals surface area (Å²) >= 11 is 0. The predicted molar refractivity (Wildman–Crippen MR) is 58.1 cm³/mol. The van der Waals surface area contributed by atoms with E-state index in [-0.39, 0.29) is 0 Å². The largest absolute Gasteiger partial charge is 0.346 e. The maximum absolute atomic E-state index is 4.49. The van der Waals surface area contributed by atoms with Crippen molar-refractivity contribution in [2.45, 2.75) is 26.4 Å². The Kier molecular flexibility index (Phi) is 2.50. The van der Waals surface area contributed by atoms with E-state index in [1.54, 1.807) is 0 Å². The van der Waals surface area contributed by atoms with E-state index in [9.17, 15) is 0 Å². The SMILES string of the molecule is CC(C)NCc1ccc2cc[nH]c2n1. The summed E-state index contributed by atoms with van der Waals surface area (Å²) in [4.78, 5) is 7.60. The van der Waals surface area contributed by atoms with Crippen molar-refractivity contribution < 1.29 is 0 Å². The van der Waals surface area contributed by atoms with E-state index in [4.69, 9.17) is 0 Å². The molecule has 0 radical (unpaired) electrons. The fourth-order valence-electron chi connectivity index (χ4n) is 1.38. The zero-order valence-electron chi connectivity index (χ0n) is 8.54. The smallest absolute Gasteiger partial charge is 0.137 e. The summed E-state index contributed by atoms with van der Waals surface area (Å²) in [5.41, 5.74) is 2.04. The lowest BCUT2D eigenvalue weighted by Gasteiger charge is -2.06. The number of hydrogen-bond donors (Lipinski definition) is 2. The Morgan fingerprint density at radius 1 is 1.36 bits per heavy atom. The number of H-pyrrole nitrogens is 1. The van der Waals surface area contributed by atoms with Crippen LogP contribution in [0.2, 0.25) is 0 Å². The first-order chi connectivity index (χ1) is 6.75. The van der Waals surface area contributed by atoms with Crippen molar-refractivity contribution in [3.63, 3.8) is 0 Å². The van der Waals surface area contributed by atoms with Crippen LogP contribution in [0.5, 0.6) is 0 Å². The maximum atomic E-state index is 4.49. The number of nitrogens with zero attached hydrogens (tertiary/aromatic N) is 1. The van der Waals surface area contributed by atoms with Crippen molar-refractivity contribution in [3.05, 3.63) is 30.1 Å². The molecular weight excluding hydrogens is 174 g/mol. The van der Waals surface area contributed by atoms with Crippen molar-refractivity contribution in [2.24, 2.45) is 0 Å². The van der Waals surface area contributed by atoms with Crippen LogP contribution in [0.3, 0.4) is 0 Å². The number of aromatic amines is 1. The molecule has 0 saturated carbocycles. The van der Waals surface area contributed by atoms with Crippen LogP contribution in [0.25, 0.3) is 11.0 Å².